The number of hydrogen-bond donors (Lipinski definition) is 5. The summed E-state index contributed by atoms with van der Waals surface area (Å²) in [5.41, 5.74) is 5.13. The maximum absolute atomic E-state index is 10.6. The van der Waals surface area contributed by atoms with E-state index >= 15 is 0 Å². The van der Waals surface area contributed by atoms with Crippen LogP contribution in [0.25, 0.3) is 0 Å². The van der Waals surface area contributed by atoms with E-state index in [0.29, 0.717) is 0 Å². The predicted molar refractivity (Wildman–Crippen MR) is 42.8 cm³/mol. The van der Waals surface area contributed by atoms with Crippen LogP contribution in [0.3, 0.4) is 0 Å². The van der Waals surface area contributed by atoms with Gasteiger partial charge in [-0.05, 0) is 13.8 Å². The Kier molecular flexibility index (Phi) is 2.99. The van der Waals surface area contributed by atoms with Gasteiger partial charge in [0.05, 0.1) is 0 Å². The normalized spacial score (nSPS) is 20.0. The van der Waals surface area contributed by atoms with Crippen LogP contribution >= 0.6 is 0 Å². The van der Waals surface area contributed by atoms with E-state index in [4.69, 9.17) is 11.5 Å². The van der Waals surface area contributed by atoms with Crippen LogP contribution in [0.5, 0.6) is 0 Å². The van der Waals surface area contributed by atoms with Gasteiger partial charge in [-0.1, -0.05) is 0 Å². The van der Waals surface area contributed by atoms with E-state index in [9.17, 15) is 19.8 Å². The lowest BCUT2D eigenvalue weighted by molar-refractivity contribution is -0.157. The van der Waals surface area contributed by atoms with Crippen LogP contribution < -0.4 is 16.8 Å². The molecular weight excluding hydrogens is 178 g/mol. The van der Waals surface area contributed by atoms with Crippen molar-refractivity contribution in [3.8, 4) is 0 Å². The second kappa shape index (κ2) is 3.29. The first-order valence-corrected chi connectivity index (χ1v) is 3.43. The molecule has 0 aromatic heterocycles. The Labute approximate surface area is 74.7 Å². The van der Waals surface area contributed by atoms with Crippen LogP contribution in [-0.2, 0) is 9.59 Å². The van der Waals surface area contributed by atoms with Crippen molar-refractivity contribution in [1.29, 1.82) is 0 Å². The maximum Gasteiger partial charge on any atom is 0.264 e. The van der Waals surface area contributed by atoms with Crippen LogP contribution in [-0.4, -0.2) is 33.5 Å². The van der Waals surface area contributed by atoms with Gasteiger partial charge in [0.1, 0.15) is 0 Å². The number of rotatable bonds is 4. The summed E-state index contributed by atoms with van der Waals surface area (Å²) in [5, 5.41) is 20.3. The topological polar surface area (TPSA) is 139 Å². The predicted octanol–water partition coefficient (Wildman–Crippen LogP) is -3.04. The third kappa shape index (κ3) is 2.98. The number of nitrogens with two attached hydrogens (primary N) is 2. The van der Waals surface area contributed by atoms with E-state index in [1.807, 2.05) is 5.32 Å². The molecule has 0 aliphatic rings. The van der Waals surface area contributed by atoms with Crippen LogP contribution in [0.4, 0.5) is 0 Å². The fourth-order valence-electron chi connectivity index (χ4n) is 0.597. The van der Waals surface area contributed by atoms with Crippen LogP contribution in [0.15, 0.2) is 0 Å². The summed E-state index contributed by atoms with van der Waals surface area (Å²) in [4.78, 5) is 21.1. The molecule has 0 saturated carbocycles. The molecule has 2 amide bonds. The van der Waals surface area contributed by atoms with Gasteiger partial charge in [-0.25, -0.2) is 5.32 Å². The molecule has 0 bridgehead atoms. The zero-order chi connectivity index (χ0) is 10.9. The highest BCUT2D eigenvalue weighted by molar-refractivity contribution is 5.86. The highest BCUT2D eigenvalue weighted by atomic mass is 16.4. The molecule has 7 heteroatoms. The van der Waals surface area contributed by atoms with Crippen LogP contribution in [0, 0.1) is 0 Å². The lowest BCUT2D eigenvalue weighted by atomic mass is 10.1. The molecule has 0 saturated heterocycles. The second-order valence-electron chi connectivity index (χ2n) is 3.00. The summed E-state index contributed by atoms with van der Waals surface area (Å²) in [6.45, 7) is 1.99. The molecule has 0 heterocycles. The number of carbonyl (C=O) groups is 2. The first kappa shape index (κ1) is 11.8. The van der Waals surface area contributed by atoms with E-state index in [1.165, 1.54) is 0 Å². The fraction of sp³-hybridized carbons (Fsp3) is 0.667. The van der Waals surface area contributed by atoms with E-state index in [0.717, 1.165) is 13.8 Å². The number of primary amides is 2. The van der Waals surface area contributed by atoms with Crippen molar-refractivity contribution >= 4 is 11.8 Å². The van der Waals surface area contributed by atoms with Gasteiger partial charge in [-0.3, -0.25) is 9.59 Å². The lowest BCUT2D eigenvalue weighted by Gasteiger charge is -2.29. The summed E-state index contributed by atoms with van der Waals surface area (Å²) in [5.74, 6) is -2.26. The molecule has 0 spiro atoms. The standard InChI is InChI=1S/C6H13N3O4/c1-5(12,3(7)10)9-6(2,13)4(8)11/h9,12-13H,1-2H3,(H2,7,10)(H2,8,11). The van der Waals surface area contributed by atoms with Crippen LogP contribution in [0.1, 0.15) is 13.8 Å². The first-order valence-electron chi connectivity index (χ1n) is 3.43. The Hall–Kier alpha value is -1.18. The molecule has 7 nitrogen and oxygen atoms in total. The largest absolute Gasteiger partial charge is 0.368 e. The van der Waals surface area contributed by atoms with Crippen molar-refractivity contribution in [2.24, 2.45) is 11.5 Å². The van der Waals surface area contributed by atoms with Crippen molar-refractivity contribution < 1.29 is 19.8 Å². The molecule has 2 atom stereocenters. The first-order chi connectivity index (χ1) is 5.59. The van der Waals surface area contributed by atoms with Gasteiger partial charge in [0.15, 0.2) is 11.4 Å². The Morgan fingerprint density at radius 3 is 1.46 bits per heavy atom. The van der Waals surface area contributed by atoms with E-state index < -0.39 is 23.3 Å². The Bertz CT molecular complexity index is 212. The van der Waals surface area contributed by atoms with Crippen molar-refractivity contribution in [3.63, 3.8) is 0 Å². The van der Waals surface area contributed by atoms with E-state index in [1.54, 1.807) is 0 Å². The summed E-state index contributed by atoms with van der Waals surface area (Å²) in [6, 6.07) is 0. The van der Waals surface area contributed by atoms with Crippen LogP contribution in [0.2, 0.25) is 0 Å². The number of hydrogen-bond acceptors (Lipinski definition) is 5. The van der Waals surface area contributed by atoms with Crippen molar-refractivity contribution in [2.75, 3.05) is 0 Å². The summed E-state index contributed by atoms with van der Waals surface area (Å²) < 4.78 is 0. The third-order valence-electron chi connectivity index (χ3n) is 1.45. The SMILES string of the molecule is CC(O)(NC(C)(O)C(N)=O)C(N)=O. The van der Waals surface area contributed by atoms with E-state index in [-0.39, 0.29) is 0 Å². The maximum atomic E-state index is 10.6. The minimum Gasteiger partial charge on any atom is -0.368 e. The molecule has 0 rings (SSSR count). The number of amides is 2. The second-order valence-corrected chi connectivity index (χ2v) is 3.00. The Morgan fingerprint density at radius 2 is 1.31 bits per heavy atom. The highest BCUT2D eigenvalue weighted by Crippen LogP contribution is 2.05. The van der Waals surface area contributed by atoms with Crippen molar-refractivity contribution in [3.05, 3.63) is 0 Å². The molecule has 0 aliphatic carbocycles. The van der Waals surface area contributed by atoms with Gasteiger partial charge in [0, 0.05) is 0 Å². The molecule has 13 heavy (non-hydrogen) atoms. The summed E-state index contributed by atoms with van der Waals surface area (Å²) in [6.07, 6.45) is 0. The quantitative estimate of drug-likeness (QED) is 0.301. The van der Waals surface area contributed by atoms with Gasteiger partial charge < -0.3 is 21.7 Å². The molecule has 0 aromatic rings. The van der Waals surface area contributed by atoms with Gasteiger partial charge in [0.25, 0.3) is 11.8 Å². The molecule has 2 unspecified atom stereocenters. The molecule has 0 aromatic carbocycles. The molecular formula is C6H13N3O4. The Balaban J connectivity index is 4.61. The smallest absolute Gasteiger partial charge is 0.264 e. The van der Waals surface area contributed by atoms with Crippen molar-refractivity contribution in [2.45, 2.75) is 25.3 Å². The van der Waals surface area contributed by atoms with Gasteiger partial charge >= 0.3 is 0 Å². The molecule has 0 aliphatic heterocycles. The zero-order valence-electron chi connectivity index (χ0n) is 7.37. The average Bonchev–Trinajstić information content (AvgIpc) is 1.83. The molecule has 7 N–H and O–H groups in total. The number of carbonyl (C=O) groups excluding carboxylic acids is 2. The molecule has 76 valence electrons. The van der Waals surface area contributed by atoms with Crippen molar-refractivity contribution in [1.82, 2.24) is 5.32 Å². The minimum absolute atomic E-state index is 0.993. The third-order valence-corrected chi connectivity index (χ3v) is 1.45. The summed E-state index contributed by atoms with van der Waals surface area (Å²) in [7, 11) is 0. The number of aliphatic hydroxyl groups is 2. The molecule has 0 radical (unpaired) electrons. The highest BCUT2D eigenvalue weighted by Gasteiger charge is 2.39. The van der Waals surface area contributed by atoms with Gasteiger partial charge in [-0.2, -0.15) is 0 Å². The minimum atomic E-state index is -2.20. The van der Waals surface area contributed by atoms with Gasteiger partial charge in [-0.15, -0.1) is 0 Å². The lowest BCUT2D eigenvalue weighted by Crippen LogP contribution is -2.65. The average molecular weight is 191 g/mol. The van der Waals surface area contributed by atoms with Gasteiger partial charge in [0.2, 0.25) is 0 Å². The zero-order valence-corrected chi connectivity index (χ0v) is 7.37. The molecule has 0 fully saturated rings. The fourth-order valence-corrected chi connectivity index (χ4v) is 0.597. The van der Waals surface area contributed by atoms with E-state index in [2.05, 4.69) is 0 Å². The number of nitrogens with one attached hydrogen (secondary N) is 1. The summed E-state index contributed by atoms with van der Waals surface area (Å²) >= 11 is 0. The Morgan fingerprint density at radius 1 is 1.08 bits per heavy atom. The monoisotopic (exact) mass is 191 g/mol.